The van der Waals surface area contributed by atoms with E-state index in [1.54, 1.807) is 41.2 Å². The van der Waals surface area contributed by atoms with Crippen LogP contribution in [-0.2, 0) is 13.0 Å². The fourth-order valence-corrected chi connectivity index (χ4v) is 4.32. The molecule has 2 aromatic heterocycles. The van der Waals surface area contributed by atoms with Crippen LogP contribution in [0.3, 0.4) is 0 Å². The minimum atomic E-state index is -1.01. The number of hydrogen-bond donors (Lipinski definition) is 1. The van der Waals surface area contributed by atoms with Gasteiger partial charge in [-0.05, 0) is 29.8 Å². The van der Waals surface area contributed by atoms with Crippen LogP contribution < -0.4 is 5.32 Å². The normalized spacial score (nSPS) is 13.0. The van der Waals surface area contributed by atoms with Crippen molar-refractivity contribution in [2.75, 3.05) is 6.54 Å². The summed E-state index contributed by atoms with van der Waals surface area (Å²) in [4.78, 5) is 17.0. The summed E-state index contributed by atoms with van der Waals surface area (Å²) < 4.78 is 58.0. The summed E-state index contributed by atoms with van der Waals surface area (Å²) >= 11 is 0. The highest BCUT2D eigenvalue weighted by Gasteiger charge is 2.32. The highest BCUT2D eigenvalue weighted by molar-refractivity contribution is 6.07. The van der Waals surface area contributed by atoms with Gasteiger partial charge in [-0.1, -0.05) is 12.1 Å². The molecule has 0 fully saturated rings. The number of benzene rings is 2. The number of halogens is 4. The van der Waals surface area contributed by atoms with Gasteiger partial charge in [0.25, 0.3) is 5.91 Å². The molecule has 33 heavy (non-hydrogen) atoms. The first kappa shape index (κ1) is 20.9. The second-order valence-corrected chi connectivity index (χ2v) is 7.73. The van der Waals surface area contributed by atoms with E-state index in [9.17, 15) is 22.4 Å². The average molecular weight is 451 g/mol. The summed E-state index contributed by atoms with van der Waals surface area (Å²) in [5, 5.41) is 2.81. The molecule has 1 N–H and O–H groups in total. The molecule has 5 rings (SSSR count). The Labute approximate surface area is 186 Å². The summed E-state index contributed by atoms with van der Waals surface area (Å²) in [5.41, 5.74) is 2.94. The fourth-order valence-electron chi connectivity index (χ4n) is 4.32. The second kappa shape index (κ2) is 8.20. The van der Waals surface area contributed by atoms with Gasteiger partial charge in [0.15, 0.2) is 0 Å². The van der Waals surface area contributed by atoms with Gasteiger partial charge in [0.2, 0.25) is 0 Å². The van der Waals surface area contributed by atoms with Crippen molar-refractivity contribution in [1.29, 1.82) is 0 Å². The van der Waals surface area contributed by atoms with Crippen LogP contribution in [0.15, 0.2) is 60.9 Å². The molecule has 0 saturated heterocycles. The van der Waals surface area contributed by atoms with Crippen molar-refractivity contribution in [2.45, 2.75) is 13.0 Å². The SMILES string of the molecule is O=C1NCCc2c1c(-c1ccc(F)cc1)c(-c1ccncc1)n2Cc1c(F)cc(F)cc1F. The van der Waals surface area contributed by atoms with Crippen molar-refractivity contribution in [3.8, 4) is 22.4 Å². The van der Waals surface area contributed by atoms with E-state index in [2.05, 4.69) is 10.3 Å². The maximum absolute atomic E-state index is 14.6. The van der Waals surface area contributed by atoms with Crippen LogP contribution in [0.5, 0.6) is 0 Å². The van der Waals surface area contributed by atoms with E-state index in [1.807, 2.05) is 0 Å². The first-order chi connectivity index (χ1) is 15.9. The van der Waals surface area contributed by atoms with Gasteiger partial charge in [0, 0.05) is 59.9 Å². The summed E-state index contributed by atoms with van der Waals surface area (Å²) in [6, 6.07) is 10.4. The van der Waals surface area contributed by atoms with E-state index in [0.29, 0.717) is 58.7 Å². The Morgan fingerprint density at radius 2 is 1.52 bits per heavy atom. The predicted molar refractivity (Wildman–Crippen MR) is 115 cm³/mol. The molecular formula is C25H17F4N3O. The lowest BCUT2D eigenvalue weighted by Crippen LogP contribution is -2.32. The van der Waals surface area contributed by atoms with Crippen LogP contribution in [0.1, 0.15) is 21.6 Å². The average Bonchev–Trinajstić information content (AvgIpc) is 3.12. The minimum absolute atomic E-state index is 0.258. The molecular weight excluding hydrogens is 434 g/mol. The van der Waals surface area contributed by atoms with E-state index in [4.69, 9.17) is 0 Å². The summed E-state index contributed by atoms with van der Waals surface area (Å²) in [7, 11) is 0. The lowest BCUT2D eigenvalue weighted by Gasteiger charge is -2.18. The molecule has 2 aromatic carbocycles. The number of carbonyl (C=O) groups is 1. The van der Waals surface area contributed by atoms with Crippen molar-refractivity contribution < 1.29 is 22.4 Å². The van der Waals surface area contributed by atoms with Gasteiger partial charge >= 0.3 is 0 Å². The molecule has 4 nitrogen and oxygen atoms in total. The summed E-state index contributed by atoms with van der Waals surface area (Å²) in [5.74, 6) is -3.80. The van der Waals surface area contributed by atoms with Crippen molar-refractivity contribution in [1.82, 2.24) is 14.9 Å². The highest BCUT2D eigenvalue weighted by Crippen LogP contribution is 2.41. The molecule has 0 saturated carbocycles. The molecule has 1 aliphatic rings. The highest BCUT2D eigenvalue weighted by atomic mass is 19.1. The molecule has 0 spiro atoms. The van der Waals surface area contributed by atoms with Crippen LogP contribution in [0.2, 0.25) is 0 Å². The number of rotatable bonds is 4. The molecule has 0 unspecified atom stereocenters. The van der Waals surface area contributed by atoms with E-state index < -0.39 is 23.3 Å². The van der Waals surface area contributed by atoms with Crippen LogP contribution >= 0.6 is 0 Å². The number of carbonyl (C=O) groups excluding carboxylic acids is 1. The van der Waals surface area contributed by atoms with E-state index in [1.165, 1.54) is 12.1 Å². The Hall–Kier alpha value is -3.94. The molecule has 0 aliphatic carbocycles. The molecule has 0 bridgehead atoms. The third kappa shape index (κ3) is 3.67. The molecule has 4 aromatic rings. The Kier molecular flexibility index (Phi) is 5.20. The zero-order chi connectivity index (χ0) is 23.1. The van der Waals surface area contributed by atoms with Crippen LogP contribution in [0, 0.1) is 23.3 Å². The number of nitrogens with zero attached hydrogens (tertiary/aromatic N) is 2. The number of fused-ring (bicyclic) bond motifs is 1. The zero-order valence-corrected chi connectivity index (χ0v) is 17.2. The van der Waals surface area contributed by atoms with Gasteiger partial charge < -0.3 is 9.88 Å². The molecule has 1 amide bonds. The molecule has 3 heterocycles. The molecule has 0 atom stereocenters. The Morgan fingerprint density at radius 1 is 0.848 bits per heavy atom. The van der Waals surface area contributed by atoms with Gasteiger partial charge in [-0.3, -0.25) is 9.78 Å². The van der Waals surface area contributed by atoms with Crippen LogP contribution in [-0.4, -0.2) is 22.0 Å². The number of amides is 1. The van der Waals surface area contributed by atoms with Gasteiger partial charge in [-0.25, -0.2) is 17.6 Å². The third-order valence-corrected chi connectivity index (χ3v) is 5.75. The summed E-state index contributed by atoms with van der Waals surface area (Å²) in [6.45, 7) is 0.0925. The number of nitrogens with one attached hydrogen (secondary N) is 1. The van der Waals surface area contributed by atoms with E-state index in [0.717, 1.165) is 0 Å². The number of hydrogen-bond acceptors (Lipinski definition) is 2. The van der Waals surface area contributed by atoms with Crippen molar-refractivity contribution >= 4 is 5.91 Å². The molecule has 8 heteroatoms. The Balaban J connectivity index is 1.83. The van der Waals surface area contributed by atoms with E-state index in [-0.39, 0.29) is 18.0 Å². The smallest absolute Gasteiger partial charge is 0.253 e. The fraction of sp³-hybridized carbons (Fsp3) is 0.120. The van der Waals surface area contributed by atoms with E-state index >= 15 is 0 Å². The lowest BCUT2D eigenvalue weighted by atomic mass is 9.95. The number of pyridine rings is 1. The van der Waals surface area contributed by atoms with Gasteiger partial charge in [0.05, 0.1) is 17.8 Å². The molecule has 0 radical (unpaired) electrons. The maximum Gasteiger partial charge on any atom is 0.253 e. The summed E-state index contributed by atoms with van der Waals surface area (Å²) in [6.07, 6.45) is 3.56. The van der Waals surface area contributed by atoms with Crippen molar-refractivity contribution in [3.63, 3.8) is 0 Å². The van der Waals surface area contributed by atoms with Gasteiger partial charge in [0.1, 0.15) is 23.3 Å². The quantitative estimate of drug-likeness (QED) is 0.439. The topological polar surface area (TPSA) is 46.9 Å². The predicted octanol–water partition coefficient (Wildman–Crippen LogP) is 5.11. The Bertz CT molecular complexity index is 1340. The standard InChI is InChI=1S/C25H17F4N3O/c26-16-3-1-14(2-4-16)22-23-21(7-10-31-25(23)33)32(24(22)15-5-8-30-9-6-15)13-18-19(28)11-17(27)12-20(18)29/h1-6,8-9,11-12H,7,10,13H2,(H,31,33). The van der Waals surface area contributed by atoms with Crippen molar-refractivity contribution in [3.05, 3.63) is 101 Å². The Morgan fingerprint density at radius 3 is 2.18 bits per heavy atom. The zero-order valence-electron chi connectivity index (χ0n) is 17.2. The lowest BCUT2D eigenvalue weighted by molar-refractivity contribution is 0.0946. The largest absolute Gasteiger partial charge is 0.352 e. The second-order valence-electron chi connectivity index (χ2n) is 7.73. The van der Waals surface area contributed by atoms with Crippen LogP contribution in [0.25, 0.3) is 22.4 Å². The number of aromatic nitrogens is 2. The first-order valence-electron chi connectivity index (χ1n) is 10.3. The first-order valence-corrected chi connectivity index (χ1v) is 10.3. The monoisotopic (exact) mass is 451 g/mol. The third-order valence-electron chi connectivity index (χ3n) is 5.75. The maximum atomic E-state index is 14.6. The molecule has 166 valence electrons. The van der Waals surface area contributed by atoms with Crippen LogP contribution in [0.4, 0.5) is 17.6 Å². The van der Waals surface area contributed by atoms with Gasteiger partial charge in [-0.2, -0.15) is 0 Å². The van der Waals surface area contributed by atoms with Crippen molar-refractivity contribution in [2.24, 2.45) is 0 Å². The minimum Gasteiger partial charge on any atom is -0.352 e. The van der Waals surface area contributed by atoms with Gasteiger partial charge in [-0.15, -0.1) is 0 Å². The molecule has 1 aliphatic heterocycles.